The van der Waals surface area contributed by atoms with Crippen LogP contribution in [0, 0.1) is 12.7 Å². The molecule has 1 nitrogen and oxygen atoms in total. The molecule has 0 spiro atoms. The molecule has 0 heterocycles. The maximum Gasteiger partial charge on any atom is 0.142 e. The normalized spacial score (nSPS) is 18.8. The molecule has 3 heteroatoms. The lowest BCUT2D eigenvalue weighted by Gasteiger charge is -2.14. The minimum absolute atomic E-state index is 0.194. The molecule has 1 aromatic carbocycles. The van der Waals surface area contributed by atoms with E-state index < -0.39 is 0 Å². The summed E-state index contributed by atoms with van der Waals surface area (Å²) in [5.41, 5.74) is 7.39. The van der Waals surface area contributed by atoms with Crippen molar-refractivity contribution in [3.8, 4) is 0 Å². The van der Waals surface area contributed by atoms with Gasteiger partial charge in [-0.05, 0) is 37.0 Å². The molecule has 1 fully saturated rings. The van der Waals surface area contributed by atoms with E-state index in [1.54, 1.807) is 6.07 Å². The van der Waals surface area contributed by atoms with Crippen molar-refractivity contribution in [1.82, 2.24) is 0 Å². The molecule has 0 radical (unpaired) electrons. The molecule has 0 aliphatic heterocycles. The van der Waals surface area contributed by atoms with Gasteiger partial charge in [0.1, 0.15) is 5.82 Å². The maximum atomic E-state index is 13.1. The fourth-order valence-electron chi connectivity index (χ4n) is 1.64. The van der Waals surface area contributed by atoms with E-state index in [4.69, 9.17) is 17.3 Å². The van der Waals surface area contributed by atoms with E-state index in [9.17, 15) is 4.39 Å². The van der Waals surface area contributed by atoms with Gasteiger partial charge in [0.15, 0.2) is 0 Å². The maximum absolute atomic E-state index is 13.1. The molecule has 2 N–H and O–H groups in total. The third kappa shape index (κ3) is 1.34. The number of halogens is 2. The fourth-order valence-corrected chi connectivity index (χ4v) is 2.04. The Balaban J connectivity index is 2.61. The fraction of sp³-hybridized carbons (Fsp3) is 0.400. The zero-order valence-corrected chi connectivity index (χ0v) is 8.16. The van der Waals surface area contributed by atoms with E-state index in [1.807, 2.05) is 6.92 Å². The summed E-state index contributed by atoms with van der Waals surface area (Å²) in [5, 5.41) is 0.194. The van der Waals surface area contributed by atoms with Crippen LogP contribution in [-0.4, -0.2) is 0 Å². The first-order valence-corrected chi connectivity index (χ1v) is 4.66. The van der Waals surface area contributed by atoms with Gasteiger partial charge in [-0.15, -0.1) is 0 Å². The summed E-state index contributed by atoms with van der Waals surface area (Å²) in [7, 11) is 0. The monoisotopic (exact) mass is 199 g/mol. The molecule has 70 valence electrons. The van der Waals surface area contributed by atoms with Gasteiger partial charge in [-0.2, -0.15) is 0 Å². The molecule has 0 aromatic heterocycles. The van der Waals surface area contributed by atoms with Crippen LogP contribution in [0.1, 0.15) is 24.0 Å². The second-order valence-corrected chi connectivity index (χ2v) is 4.09. The van der Waals surface area contributed by atoms with Crippen LogP contribution < -0.4 is 5.73 Å². The topological polar surface area (TPSA) is 26.0 Å². The zero-order valence-electron chi connectivity index (χ0n) is 7.40. The Labute approximate surface area is 81.7 Å². The van der Waals surface area contributed by atoms with E-state index in [1.165, 1.54) is 6.07 Å². The van der Waals surface area contributed by atoms with Crippen LogP contribution in [0.25, 0.3) is 0 Å². The van der Waals surface area contributed by atoms with Gasteiger partial charge in [0.05, 0.1) is 5.02 Å². The van der Waals surface area contributed by atoms with E-state index in [2.05, 4.69) is 0 Å². The quantitative estimate of drug-likeness (QED) is 0.740. The third-order valence-electron chi connectivity index (χ3n) is 2.59. The summed E-state index contributed by atoms with van der Waals surface area (Å²) in [4.78, 5) is 0. The van der Waals surface area contributed by atoms with Crippen molar-refractivity contribution in [3.05, 3.63) is 34.1 Å². The number of rotatable bonds is 1. The first-order chi connectivity index (χ1) is 6.04. The van der Waals surface area contributed by atoms with Crippen molar-refractivity contribution >= 4 is 11.6 Å². The molecule has 2 rings (SSSR count). The minimum atomic E-state index is -0.376. The Kier molecular flexibility index (Phi) is 1.86. The highest BCUT2D eigenvalue weighted by molar-refractivity contribution is 6.31. The van der Waals surface area contributed by atoms with Crippen LogP contribution in [0.15, 0.2) is 12.1 Å². The van der Waals surface area contributed by atoms with E-state index in [0.29, 0.717) is 0 Å². The minimum Gasteiger partial charge on any atom is -0.321 e. The van der Waals surface area contributed by atoms with Gasteiger partial charge < -0.3 is 5.73 Å². The van der Waals surface area contributed by atoms with Crippen LogP contribution >= 0.6 is 11.6 Å². The molecule has 13 heavy (non-hydrogen) atoms. The van der Waals surface area contributed by atoms with Crippen LogP contribution in [0.4, 0.5) is 4.39 Å². The summed E-state index contributed by atoms with van der Waals surface area (Å²) < 4.78 is 13.1. The average molecular weight is 200 g/mol. The highest BCUT2D eigenvalue weighted by Crippen LogP contribution is 2.47. The predicted molar refractivity (Wildman–Crippen MR) is 51.2 cm³/mol. The number of nitrogens with two attached hydrogens (primary N) is 1. The molecule has 0 saturated heterocycles. The lowest BCUT2D eigenvalue weighted by atomic mass is 10.00. The number of hydrogen-bond donors (Lipinski definition) is 1. The smallest absolute Gasteiger partial charge is 0.142 e. The Morgan fingerprint density at radius 1 is 1.46 bits per heavy atom. The molecule has 0 bridgehead atoms. The van der Waals surface area contributed by atoms with Crippen molar-refractivity contribution in [1.29, 1.82) is 0 Å². The Morgan fingerprint density at radius 3 is 2.62 bits per heavy atom. The standard InChI is InChI=1S/C10H11ClFN/c1-6-2-3-7(12)9(11)8(6)10(13)4-5-10/h2-3H,4-5,13H2,1H3. The highest BCUT2D eigenvalue weighted by Gasteiger charge is 2.43. The van der Waals surface area contributed by atoms with Crippen molar-refractivity contribution < 1.29 is 4.39 Å². The SMILES string of the molecule is Cc1ccc(F)c(Cl)c1C1(N)CC1. The molecule has 0 unspecified atom stereocenters. The number of aryl methyl sites for hydroxylation is 1. The molecular weight excluding hydrogens is 189 g/mol. The molecule has 0 amide bonds. The summed E-state index contributed by atoms with van der Waals surface area (Å²) in [6, 6.07) is 3.11. The molecular formula is C10H11ClFN. The molecule has 1 saturated carbocycles. The Morgan fingerprint density at radius 2 is 2.08 bits per heavy atom. The van der Waals surface area contributed by atoms with Crippen LogP contribution in [0.5, 0.6) is 0 Å². The predicted octanol–water partition coefficient (Wildman–Crippen LogP) is 2.74. The van der Waals surface area contributed by atoms with Gasteiger partial charge in [-0.1, -0.05) is 17.7 Å². The third-order valence-corrected chi connectivity index (χ3v) is 2.96. The first-order valence-electron chi connectivity index (χ1n) is 4.28. The molecule has 0 atom stereocenters. The second kappa shape index (κ2) is 2.69. The van der Waals surface area contributed by atoms with Crippen molar-refractivity contribution in [2.45, 2.75) is 25.3 Å². The average Bonchev–Trinajstić information content (AvgIpc) is 2.78. The van der Waals surface area contributed by atoms with E-state index >= 15 is 0 Å². The lowest BCUT2D eigenvalue weighted by molar-refractivity contribution is 0.617. The highest BCUT2D eigenvalue weighted by atomic mass is 35.5. The van der Waals surface area contributed by atoms with Crippen LogP contribution in [0.2, 0.25) is 5.02 Å². The van der Waals surface area contributed by atoms with Gasteiger partial charge >= 0.3 is 0 Å². The van der Waals surface area contributed by atoms with Crippen LogP contribution in [-0.2, 0) is 5.54 Å². The molecule has 1 aliphatic rings. The zero-order chi connectivity index (χ0) is 9.64. The second-order valence-electron chi connectivity index (χ2n) is 3.71. The molecule has 1 aromatic rings. The summed E-state index contributed by atoms with van der Waals surface area (Å²) in [6.07, 6.45) is 1.80. The van der Waals surface area contributed by atoms with Crippen molar-refractivity contribution in [2.75, 3.05) is 0 Å². The Bertz CT molecular complexity index is 358. The Hall–Kier alpha value is -0.600. The van der Waals surface area contributed by atoms with Crippen molar-refractivity contribution in [2.24, 2.45) is 5.73 Å². The van der Waals surface area contributed by atoms with Crippen molar-refractivity contribution in [3.63, 3.8) is 0 Å². The van der Waals surface area contributed by atoms with Gasteiger partial charge in [-0.25, -0.2) is 4.39 Å². The van der Waals surface area contributed by atoms with Gasteiger partial charge in [0, 0.05) is 5.54 Å². The first kappa shape index (κ1) is 8.97. The van der Waals surface area contributed by atoms with E-state index in [0.717, 1.165) is 24.0 Å². The van der Waals surface area contributed by atoms with Gasteiger partial charge in [-0.3, -0.25) is 0 Å². The molecule has 1 aliphatic carbocycles. The summed E-state index contributed by atoms with van der Waals surface area (Å²) in [6.45, 7) is 1.91. The summed E-state index contributed by atoms with van der Waals surface area (Å²) in [5.74, 6) is -0.376. The summed E-state index contributed by atoms with van der Waals surface area (Å²) >= 11 is 5.87. The van der Waals surface area contributed by atoms with E-state index in [-0.39, 0.29) is 16.4 Å². The lowest BCUT2D eigenvalue weighted by Crippen LogP contribution is -2.21. The van der Waals surface area contributed by atoms with Gasteiger partial charge in [0.25, 0.3) is 0 Å². The van der Waals surface area contributed by atoms with Crippen LogP contribution in [0.3, 0.4) is 0 Å². The number of benzene rings is 1. The number of hydrogen-bond acceptors (Lipinski definition) is 1. The largest absolute Gasteiger partial charge is 0.321 e. The van der Waals surface area contributed by atoms with Gasteiger partial charge in [0.2, 0.25) is 0 Å².